The maximum atomic E-state index is 4.89. The van der Waals surface area contributed by atoms with Gasteiger partial charge in [0.25, 0.3) is 0 Å². The van der Waals surface area contributed by atoms with Gasteiger partial charge in [-0.25, -0.2) is 9.97 Å². The Morgan fingerprint density at radius 1 is 0.892 bits per heavy atom. The Kier molecular flexibility index (Phi) is 5.64. The summed E-state index contributed by atoms with van der Waals surface area (Å²) in [6, 6.07) is 21.3. The van der Waals surface area contributed by atoms with Gasteiger partial charge >= 0.3 is 0 Å². The Morgan fingerprint density at radius 3 is 2.41 bits per heavy atom. The number of nitrogens with one attached hydrogen (secondary N) is 1. The lowest BCUT2D eigenvalue weighted by atomic mass is 9.95. The smallest absolute Gasteiger partial charge is 0.205 e. The summed E-state index contributed by atoms with van der Waals surface area (Å²) in [5, 5.41) is 14.8. The molecule has 0 atom stereocenters. The van der Waals surface area contributed by atoms with Crippen molar-refractivity contribution < 1.29 is 0 Å². The quantitative estimate of drug-likeness (QED) is 0.334. The molecule has 0 aliphatic carbocycles. The first-order valence-electron chi connectivity index (χ1n) is 12.4. The van der Waals surface area contributed by atoms with E-state index < -0.39 is 0 Å². The third-order valence-electron chi connectivity index (χ3n) is 6.87. The summed E-state index contributed by atoms with van der Waals surface area (Å²) >= 11 is 0. The number of pyridine rings is 1. The minimum Gasteiger partial charge on any atom is -0.351 e. The molecule has 4 aromatic heterocycles. The number of fused-ring (bicyclic) bond motifs is 1. The molecule has 0 aliphatic rings. The number of aryl methyl sites for hydroxylation is 4. The minimum atomic E-state index is 0.576. The third kappa shape index (κ3) is 4.10. The lowest BCUT2D eigenvalue weighted by Crippen LogP contribution is -2.05. The molecule has 37 heavy (non-hydrogen) atoms. The number of benzene rings is 2. The molecule has 0 spiro atoms. The molecule has 6 rings (SSSR count). The van der Waals surface area contributed by atoms with Gasteiger partial charge in [-0.3, -0.25) is 0 Å². The van der Waals surface area contributed by atoms with Gasteiger partial charge in [-0.15, -0.1) is 10.2 Å². The highest BCUT2D eigenvalue weighted by Gasteiger charge is 2.16. The van der Waals surface area contributed by atoms with Crippen LogP contribution in [-0.2, 0) is 20.0 Å². The number of hydrogen-bond donors (Lipinski definition) is 1. The highest BCUT2D eigenvalue weighted by Crippen LogP contribution is 2.34. The van der Waals surface area contributed by atoms with Crippen molar-refractivity contribution in [2.75, 3.05) is 0 Å². The van der Waals surface area contributed by atoms with Crippen LogP contribution in [0.15, 0.2) is 66.9 Å². The lowest BCUT2D eigenvalue weighted by molar-refractivity contribution is 0.745. The molecule has 0 unspecified atom stereocenters. The maximum Gasteiger partial charge on any atom is 0.205 e. The van der Waals surface area contributed by atoms with Crippen LogP contribution in [0, 0.1) is 13.8 Å². The van der Waals surface area contributed by atoms with Crippen molar-refractivity contribution in [3.63, 3.8) is 0 Å². The van der Waals surface area contributed by atoms with Crippen molar-refractivity contribution in [2.24, 2.45) is 7.05 Å². The SMILES string of the molecule is CCc1nc2c(C)cc(C)nc2n1Cc1ccc(-c2cc(-c3cccn3C)ccc2-c2nn[nH]n2)cc1. The van der Waals surface area contributed by atoms with Crippen LogP contribution < -0.4 is 0 Å². The van der Waals surface area contributed by atoms with Crippen LogP contribution in [0.4, 0.5) is 0 Å². The lowest BCUT2D eigenvalue weighted by Gasteiger charge is -2.13. The van der Waals surface area contributed by atoms with Gasteiger partial charge in [0.2, 0.25) is 5.82 Å². The Hall–Kier alpha value is -4.59. The number of aromatic nitrogens is 8. The van der Waals surface area contributed by atoms with E-state index >= 15 is 0 Å². The molecular weight excluding hydrogens is 460 g/mol. The highest BCUT2D eigenvalue weighted by atomic mass is 15.5. The number of rotatable bonds is 6. The second kappa shape index (κ2) is 9.13. The van der Waals surface area contributed by atoms with Crippen molar-refractivity contribution in [3.05, 3.63) is 89.5 Å². The molecule has 0 bridgehead atoms. The van der Waals surface area contributed by atoms with Gasteiger partial charge in [0.1, 0.15) is 11.3 Å². The molecule has 8 heteroatoms. The van der Waals surface area contributed by atoms with E-state index in [1.807, 2.05) is 6.92 Å². The van der Waals surface area contributed by atoms with E-state index in [2.05, 4.69) is 118 Å². The van der Waals surface area contributed by atoms with E-state index in [1.165, 1.54) is 11.1 Å². The normalized spacial score (nSPS) is 11.5. The van der Waals surface area contributed by atoms with E-state index in [4.69, 9.17) is 9.97 Å². The number of hydrogen-bond acceptors (Lipinski definition) is 5. The van der Waals surface area contributed by atoms with Crippen LogP contribution in [0.2, 0.25) is 0 Å². The van der Waals surface area contributed by atoms with Gasteiger partial charge in [-0.2, -0.15) is 5.21 Å². The molecule has 6 aromatic rings. The highest BCUT2D eigenvalue weighted by molar-refractivity contribution is 5.84. The number of aromatic amines is 1. The zero-order chi connectivity index (χ0) is 25.5. The first kappa shape index (κ1) is 22.8. The van der Waals surface area contributed by atoms with Crippen LogP contribution in [0.1, 0.15) is 29.6 Å². The molecule has 0 amide bonds. The molecule has 0 fully saturated rings. The maximum absolute atomic E-state index is 4.89. The summed E-state index contributed by atoms with van der Waals surface area (Å²) in [6.07, 6.45) is 2.91. The predicted octanol–water partition coefficient (Wildman–Crippen LogP) is 5.51. The molecule has 0 radical (unpaired) electrons. The van der Waals surface area contributed by atoms with Crippen molar-refractivity contribution in [2.45, 2.75) is 33.7 Å². The molecule has 184 valence electrons. The first-order valence-corrected chi connectivity index (χ1v) is 12.4. The molecular formula is C29H28N8. The fourth-order valence-corrected chi connectivity index (χ4v) is 5.03. The summed E-state index contributed by atoms with van der Waals surface area (Å²) in [6.45, 7) is 7.00. The number of tetrazole rings is 1. The van der Waals surface area contributed by atoms with Crippen molar-refractivity contribution in [1.29, 1.82) is 0 Å². The first-order chi connectivity index (χ1) is 18.0. The Morgan fingerprint density at radius 2 is 1.70 bits per heavy atom. The van der Waals surface area contributed by atoms with Crippen LogP contribution in [0.5, 0.6) is 0 Å². The van der Waals surface area contributed by atoms with E-state index in [0.29, 0.717) is 5.82 Å². The largest absolute Gasteiger partial charge is 0.351 e. The Balaban J connectivity index is 1.40. The fraction of sp³-hybridized carbons (Fsp3) is 0.207. The predicted molar refractivity (Wildman–Crippen MR) is 145 cm³/mol. The average molecular weight is 489 g/mol. The standard InChI is InChI=1S/C29H28N8/c1-5-26-31-27-18(2)15-19(3)30-29(27)37(26)17-20-8-10-21(11-9-20)24-16-22(25-7-6-14-36(25)4)12-13-23(24)28-32-34-35-33-28/h6-16H,5,17H2,1-4H3,(H,32,33,34,35). The van der Waals surface area contributed by atoms with Gasteiger partial charge < -0.3 is 9.13 Å². The van der Waals surface area contributed by atoms with Gasteiger partial charge in [-0.1, -0.05) is 37.3 Å². The monoisotopic (exact) mass is 488 g/mol. The summed E-state index contributed by atoms with van der Waals surface area (Å²) in [5.41, 5.74) is 10.7. The summed E-state index contributed by atoms with van der Waals surface area (Å²) in [5.74, 6) is 1.63. The summed E-state index contributed by atoms with van der Waals surface area (Å²) in [7, 11) is 2.05. The Bertz CT molecular complexity index is 1710. The zero-order valence-corrected chi connectivity index (χ0v) is 21.4. The van der Waals surface area contributed by atoms with Crippen LogP contribution in [0.3, 0.4) is 0 Å². The van der Waals surface area contributed by atoms with Crippen molar-refractivity contribution in [1.82, 2.24) is 39.7 Å². The van der Waals surface area contributed by atoms with Gasteiger partial charge in [0, 0.05) is 36.6 Å². The Labute approximate surface area is 215 Å². The average Bonchev–Trinajstić information content (AvgIpc) is 3.65. The van der Waals surface area contributed by atoms with Crippen LogP contribution in [0.25, 0.3) is 44.9 Å². The molecule has 8 nitrogen and oxygen atoms in total. The number of imidazole rings is 1. The zero-order valence-electron chi connectivity index (χ0n) is 21.4. The van der Waals surface area contributed by atoms with Crippen LogP contribution in [-0.4, -0.2) is 39.7 Å². The topological polar surface area (TPSA) is 90.1 Å². The molecule has 0 saturated carbocycles. The number of H-pyrrole nitrogens is 1. The van der Waals surface area contributed by atoms with E-state index in [9.17, 15) is 0 Å². The molecule has 0 aliphatic heterocycles. The second-order valence-corrected chi connectivity index (χ2v) is 9.42. The number of nitrogens with zero attached hydrogens (tertiary/aromatic N) is 7. The molecule has 4 heterocycles. The third-order valence-corrected chi connectivity index (χ3v) is 6.87. The van der Waals surface area contributed by atoms with Crippen molar-refractivity contribution in [3.8, 4) is 33.8 Å². The van der Waals surface area contributed by atoms with Gasteiger partial charge in [0.15, 0.2) is 5.65 Å². The summed E-state index contributed by atoms with van der Waals surface area (Å²) < 4.78 is 4.36. The minimum absolute atomic E-state index is 0.576. The molecule has 1 N–H and O–H groups in total. The second-order valence-electron chi connectivity index (χ2n) is 9.42. The molecule has 2 aromatic carbocycles. The van der Waals surface area contributed by atoms with E-state index in [-0.39, 0.29) is 0 Å². The fourth-order valence-electron chi connectivity index (χ4n) is 5.03. The summed E-state index contributed by atoms with van der Waals surface area (Å²) in [4.78, 5) is 9.71. The van der Waals surface area contributed by atoms with Crippen LogP contribution >= 0.6 is 0 Å². The van der Waals surface area contributed by atoms with Gasteiger partial charge in [-0.05, 0) is 77.2 Å². The van der Waals surface area contributed by atoms with E-state index in [1.54, 1.807) is 0 Å². The van der Waals surface area contributed by atoms with Gasteiger partial charge in [0.05, 0.1) is 6.54 Å². The molecule has 0 saturated heterocycles. The van der Waals surface area contributed by atoms with E-state index in [0.717, 1.165) is 63.6 Å². The van der Waals surface area contributed by atoms with Crippen molar-refractivity contribution >= 4 is 11.2 Å².